The molecule has 1 aliphatic rings. The van der Waals surface area contributed by atoms with E-state index in [4.69, 9.17) is 0 Å². The van der Waals surface area contributed by atoms with E-state index in [0.29, 0.717) is 12.0 Å². The summed E-state index contributed by atoms with van der Waals surface area (Å²) in [7, 11) is 0. The molecule has 0 saturated carbocycles. The molecule has 1 fully saturated rings. The molecule has 2 aromatic heterocycles. The van der Waals surface area contributed by atoms with Crippen LogP contribution in [-0.4, -0.2) is 49.2 Å². The Bertz CT molecular complexity index is 714. The standard InChI is InChI=1S/C18H26N6O/c1-13-11-14(2)24(22-13)12-16-7-4-5-10-23(16)15(3)17(25)21-18-19-8-6-9-20-18/h6,8-9,11,15-16H,4-5,7,10,12H2,1-3H3,(H,19,20,21,25)/t15-,16+/m0/s1. The maximum absolute atomic E-state index is 12.6. The average molecular weight is 342 g/mol. The van der Waals surface area contributed by atoms with Crippen molar-refractivity contribution in [2.75, 3.05) is 11.9 Å². The molecule has 0 unspecified atom stereocenters. The maximum atomic E-state index is 12.6. The number of nitrogens with zero attached hydrogens (tertiary/aromatic N) is 5. The molecule has 7 heteroatoms. The van der Waals surface area contributed by atoms with E-state index < -0.39 is 0 Å². The average Bonchev–Trinajstić information content (AvgIpc) is 2.93. The number of amides is 1. The van der Waals surface area contributed by atoms with Gasteiger partial charge in [-0.3, -0.25) is 19.7 Å². The number of piperidine rings is 1. The van der Waals surface area contributed by atoms with E-state index in [2.05, 4.69) is 43.0 Å². The summed E-state index contributed by atoms with van der Waals surface area (Å²) in [6.07, 6.45) is 6.64. The third-order valence-electron chi connectivity index (χ3n) is 4.84. The number of likely N-dealkylation sites (tertiary alicyclic amines) is 1. The van der Waals surface area contributed by atoms with Crippen molar-refractivity contribution in [2.24, 2.45) is 0 Å². The number of anilines is 1. The smallest absolute Gasteiger partial charge is 0.243 e. The molecule has 1 amide bonds. The molecule has 7 nitrogen and oxygen atoms in total. The van der Waals surface area contributed by atoms with E-state index >= 15 is 0 Å². The summed E-state index contributed by atoms with van der Waals surface area (Å²) >= 11 is 0. The zero-order chi connectivity index (χ0) is 17.8. The molecule has 0 spiro atoms. The van der Waals surface area contributed by atoms with Crippen LogP contribution in [0, 0.1) is 13.8 Å². The molecule has 1 saturated heterocycles. The summed E-state index contributed by atoms with van der Waals surface area (Å²) in [5.41, 5.74) is 2.20. The van der Waals surface area contributed by atoms with Crippen LogP contribution in [0.25, 0.3) is 0 Å². The number of rotatable bonds is 5. The van der Waals surface area contributed by atoms with Gasteiger partial charge >= 0.3 is 0 Å². The molecule has 2 aromatic rings. The number of carbonyl (C=O) groups is 1. The van der Waals surface area contributed by atoms with Gasteiger partial charge in [-0.15, -0.1) is 0 Å². The largest absolute Gasteiger partial charge is 0.293 e. The predicted molar refractivity (Wildman–Crippen MR) is 96.2 cm³/mol. The molecule has 0 aliphatic carbocycles. The Morgan fingerprint density at radius 1 is 1.32 bits per heavy atom. The van der Waals surface area contributed by atoms with Crippen molar-refractivity contribution in [1.82, 2.24) is 24.6 Å². The van der Waals surface area contributed by atoms with Gasteiger partial charge in [-0.25, -0.2) is 9.97 Å². The van der Waals surface area contributed by atoms with Crippen molar-refractivity contribution >= 4 is 11.9 Å². The highest BCUT2D eigenvalue weighted by molar-refractivity contribution is 5.93. The van der Waals surface area contributed by atoms with Gasteiger partial charge in [0.2, 0.25) is 11.9 Å². The zero-order valence-electron chi connectivity index (χ0n) is 15.1. The lowest BCUT2D eigenvalue weighted by Gasteiger charge is -2.39. The van der Waals surface area contributed by atoms with Crippen LogP contribution in [-0.2, 0) is 11.3 Å². The Morgan fingerprint density at radius 3 is 2.76 bits per heavy atom. The Hall–Kier alpha value is -2.28. The van der Waals surface area contributed by atoms with Crippen LogP contribution < -0.4 is 5.32 Å². The molecule has 134 valence electrons. The van der Waals surface area contributed by atoms with Crippen LogP contribution in [0.1, 0.15) is 37.6 Å². The fourth-order valence-corrected chi connectivity index (χ4v) is 3.52. The lowest BCUT2D eigenvalue weighted by Crippen LogP contribution is -2.51. The van der Waals surface area contributed by atoms with Crippen LogP contribution in [0.4, 0.5) is 5.95 Å². The Balaban J connectivity index is 1.69. The van der Waals surface area contributed by atoms with Gasteiger partial charge in [-0.2, -0.15) is 5.10 Å². The molecule has 0 aromatic carbocycles. The van der Waals surface area contributed by atoms with E-state index in [1.165, 1.54) is 6.42 Å². The lowest BCUT2D eigenvalue weighted by atomic mass is 9.99. The van der Waals surface area contributed by atoms with Gasteiger partial charge in [0.15, 0.2) is 0 Å². The second kappa shape index (κ2) is 7.74. The summed E-state index contributed by atoms with van der Waals surface area (Å²) in [6, 6.07) is 3.90. The monoisotopic (exact) mass is 342 g/mol. The highest BCUT2D eigenvalue weighted by atomic mass is 16.2. The van der Waals surface area contributed by atoms with Gasteiger partial charge in [0.1, 0.15) is 0 Å². The number of nitrogens with one attached hydrogen (secondary N) is 1. The SMILES string of the molecule is Cc1cc(C)n(C[C@H]2CCCCN2[C@@H](C)C(=O)Nc2ncccn2)n1. The van der Waals surface area contributed by atoms with Gasteiger partial charge < -0.3 is 0 Å². The normalized spacial score (nSPS) is 19.6. The first kappa shape index (κ1) is 17.5. The summed E-state index contributed by atoms with van der Waals surface area (Å²) in [6.45, 7) is 7.79. The van der Waals surface area contributed by atoms with Crippen molar-refractivity contribution in [1.29, 1.82) is 0 Å². The second-order valence-electron chi connectivity index (χ2n) is 6.73. The first-order chi connectivity index (χ1) is 12.0. The molecule has 0 bridgehead atoms. The first-order valence-corrected chi connectivity index (χ1v) is 8.89. The predicted octanol–water partition coefficient (Wildman–Crippen LogP) is 2.17. The van der Waals surface area contributed by atoms with Crippen molar-refractivity contribution in [3.63, 3.8) is 0 Å². The van der Waals surface area contributed by atoms with Gasteiger partial charge in [-0.05, 0) is 52.3 Å². The highest BCUT2D eigenvalue weighted by Gasteiger charge is 2.31. The summed E-state index contributed by atoms with van der Waals surface area (Å²) in [4.78, 5) is 23.1. The van der Waals surface area contributed by atoms with Crippen LogP contribution in [0.15, 0.2) is 24.5 Å². The quantitative estimate of drug-likeness (QED) is 0.901. The zero-order valence-corrected chi connectivity index (χ0v) is 15.1. The molecule has 2 atom stereocenters. The van der Waals surface area contributed by atoms with E-state index in [1.807, 2.05) is 13.8 Å². The molecule has 3 heterocycles. The number of hydrogen-bond donors (Lipinski definition) is 1. The molecular weight excluding hydrogens is 316 g/mol. The third kappa shape index (κ3) is 4.22. The molecule has 0 radical (unpaired) electrons. The van der Waals surface area contributed by atoms with Crippen molar-refractivity contribution in [3.8, 4) is 0 Å². The highest BCUT2D eigenvalue weighted by Crippen LogP contribution is 2.22. The van der Waals surface area contributed by atoms with Gasteiger partial charge in [-0.1, -0.05) is 6.42 Å². The van der Waals surface area contributed by atoms with Crippen molar-refractivity contribution < 1.29 is 4.79 Å². The molecule has 3 rings (SSSR count). The minimum atomic E-state index is -0.230. The number of carbonyl (C=O) groups excluding carboxylic acids is 1. The van der Waals surface area contributed by atoms with Crippen LogP contribution in [0.5, 0.6) is 0 Å². The minimum Gasteiger partial charge on any atom is -0.293 e. The molecular formula is C18H26N6O. The van der Waals surface area contributed by atoms with Gasteiger partial charge in [0.25, 0.3) is 0 Å². The second-order valence-corrected chi connectivity index (χ2v) is 6.73. The Kier molecular flexibility index (Phi) is 5.43. The van der Waals surface area contributed by atoms with Crippen LogP contribution in [0.3, 0.4) is 0 Å². The Morgan fingerprint density at radius 2 is 2.08 bits per heavy atom. The first-order valence-electron chi connectivity index (χ1n) is 8.89. The maximum Gasteiger partial charge on any atom is 0.243 e. The Labute approximate surface area is 148 Å². The number of aryl methyl sites for hydroxylation is 2. The molecule has 1 aliphatic heterocycles. The van der Waals surface area contributed by atoms with Crippen LogP contribution in [0.2, 0.25) is 0 Å². The molecule has 25 heavy (non-hydrogen) atoms. The van der Waals surface area contributed by atoms with E-state index in [-0.39, 0.29) is 11.9 Å². The number of hydrogen-bond acceptors (Lipinski definition) is 5. The van der Waals surface area contributed by atoms with E-state index in [0.717, 1.165) is 37.3 Å². The van der Waals surface area contributed by atoms with Crippen LogP contribution >= 0.6 is 0 Å². The van der Waals surface area contributed by atoms with Crippen molar-refractivity contribution in [3.05, 3.63) is 35.9 Å². The minimum absolute atomic E-state index is 0.0635. The van der Waals surface area contributed by atoms with E-state index in [9.17, 15) is 4.79 Å². The number of aromatic nitrogens is 4. The third-order valence-corrected chi connectivity index (χ3v) is 4.84. The van der Waals surface area contributed by atoms with E-state index in [1.54, 1.807) is 18.5 Å². The summed E-state index contributed by atoms with van der Waals surface area (Å²) < 4.78 is 2.06. The summed E-state index contributed by atoms with van der Waals surface area (Å²) in [5.74, 6) is 0.290. The summed E-state index contributed by atoms with van der Waals surface area (Å²) in [5, 5.41) is 7.39. The fraction of sp³-hybridized carbons (Fsp3) is 0.556. The fourth-order valence-electron chi connectivity index (χ4n) is 3.52. The van der Waals surface area contributed by atoms with Crippen molar-refractivity contribution in [2.45, 2.75) is 58.7 Å². The topological polar surface area (TPSA) is 75.9 Å². The lowest BCUT2D eigenvalue weighted by molar-refractivity contribution is -0.122. The van der Waals surface area contributed by atoms with Gasteiger partial charge in [0, 0.05) is 24.1 Å². The van der Waals surface area contributed by atoms with Gasteiger partial charge in [0.05, 0.1) is 18.3 Å². The molecule has 1 N–H and O–H groups in total.